The van der Waals surface area contributed by atoms with E-state index in [9.17, 15) is 4.79 Å². The van der Waals surface area contributed by atoms with Crippen molar-refractivity contribution < 1.29 is 9.21 Å². The number of fused-ring (bicyclic) bond motifs is 1. The second-order valence-electron chi connectivity index (χ2n) is 5.72. The van der Waals surface area contributed by atoms with Crippen LogP contribution < -0.4 is 10.6 Å². The minimum atomic E-state index is -0.0301. The third kappa shape index (κ3) is 2.25. The number of para-hydroxylation sites is 1. The van der Waals surface area contributed by atoms with Crippen molar-refractivity contribution in [2.75, 3.05) is 11.4 Å². The molecule has 0 spiro atoms. The first-order valence-electron chi connectivity index (χ1n) is 7.21. The van der Waals surface area contributed by atoms with E-state index < -0.39 is 0 Å². The summed E-state index contributed by atoms with van der Waals surface area (Å²) in [6.07, 6.45) is 0.808. The molecule has 2 heterocycles. The molecule has 0 aliphatic carbocycles. The molecule has 4 heteroatoms. The quantitative estimate of drug-likeness (QED) is 0.876. The Balaban J connectivity index is 2.06. The standard InChI is InChI=1S/C17H20N2O2/c1-10-11(2)21-12(3)16(10)17(20)19-9-14(18)8-13-6-4-5-7-15(13)19/h4-7,14H,8-9,18H2,1-3H3. The highest BCUT2D eigenvalue weighted by atomic mass is 16.3. The third-order valence-electron chi connectivity index (χ3n) is 4.20. The summed E-state index contributed by atoms with van der Waals surface area (Å²) in [6, 6.07) is 7.93. The number of amides is 1. The summed E-state index contributed by atoms with van der Waals surface area (Å²) in [5, 5.41) is 0. The Morgan fingerprint density at radius 1 is 1.24 bits per heavy atom. The van der Waals surface area contributed by atoms with Gasteiger partial charge in [0.25, 0.3) is 5.91 Å². The normalized spacial score (nSPS) is 17.7. The highest BCUT2D eigenvalue weighted by Crippen LogP contribution is 2.30. The molecule has 0 fully saturated rings. The second-order valence-corrected chi connectivity index (χ2v) is 5.72. The topological polar surface area (TPSA) is 59.5 Å². The van der Waals surface area contributed by atoms with Crippen molar-refractivity contribution in [3.63, 3.8) is 0 Å². The molecular formula is C17H20N2O2. The number of hydrogen-bond donors (Lipinski definition) is 1. The van der Waals surface area contributed by atoms with Crippen LogP contribution in [0, 0.1) is 20.8 Å². The van der Waals surface area contributed by atoms with Crippen molar-refractivity contribution in [1.29, 1.82) is 0 Å². The molecule has 1 aliphatic heterocycles. The van der Waals surface area contributed by atoms with Gasteiger partial charge in [-0.05, 0) is 38.8 Å². The SMILES string of the molecule is Cc1oc(C)c(C(=O)N2CC(N)Cc3ccccc32)c1C. The fraction of sp³-hybridized carbons (Fsp3) is 0.353. The number of anilines is 1. The maximum atomic E-state index is 13.0. The van der Waals surface area contributed by atoms with Crippen LogP contribution in [0.5, 0.6) is 0 Å². The molecule has 0 saturated heterocycles. The van der Waals surface area contributed by atoms with Gasteiger partial charge in [0.2, 0.25) is 0 Å². The number of nitrogens with two attached hydrogens (primary N) is 1. The van der Waals surface area contributed by atoms with Gasteiger partial charge in [-0.2, -0.15) is 0 Å². The van der Waals surface area contributed by atoms with E-state index in [4.69, 9.17) is 10.2 Å². The molecule has 2 N–H and O–H groups in total. The summed E-state index contributed by atoms with van der Waals surface area (Å²) in [4.78, 5) is 14.8. The van der Waals surface area contributed by atoms with E-state index in [-0.39, 0.29) is 11.9 Å². The molecule has 1 aliphatic rings. The van der Waals surface area contributed by atoms with Crippen LogP contribution in [0.4, 0.5) is 5.69 Å². The van der Waals surface area contributed by atoms with E-state index in [1.807, 2.05) is 45.0 Å². The number of carbonyl (C=O) groups is 1. The summed E-state index contributed by atoms with van der Waals surface area (Å²) in [5.74, 6) is 1.45. The van der Waals surface area contributed by atoms with E-state index in [0.717, 1.165) is 29.0 Å². The Morgan fingerprint density at radius 2 is 1.95 bits per heavy atom. The lowest BCUT2D eigenvalue weighted by Crippen LogP contribution is -2.46. The molecule has 0 radical (unpaired) electrons. The Morgan fingerprint density at radius 3 is 2.62 bits per heavy atom. The number of furan rings is 1. The number of benzene rings is 1. The second kappa shape index (κ2) is 5.04. The lowest BCUT2D eigenvalue weighted by Gasteiger charge is -2.33. The highest BCUT2D eigenvalue weighted by molar-refractivity contribution is 6.08. The minimum absolute atomic E-state index is 0.0237. The predicted octanol–water partition coefficient (Wildman–Crippen LogP) is 2.74. The van der Waals surface area contributed by atoms with Gasteiger partial charge in [0.1, 0.15) is 11.5 Å². The molecule has 1 aromatic carbocycles. The van der Waals surface area contributed by atoms with Crippen LogP contribution in [0.2, 0.25) is 0 Å². The van der Waals surface area contributed by atoms with Crippen molar-refractivity contribution in [3.8, 4) is 0 Å². The van der Waals surface area contributed by atoms with Gasteiger partial charge < -0.3 is 15.1 Å². The van der Waals surface area contributed by atoms with Crippen molar-refractivity contribution in [3.05, 3.63) is 52.5 Å². The molecule has 3 rings (SSSR count). The van der Waals surface area contributed by atoms with Crippen LogP contribution in [0.25, 0.3) is 0 Å². The van der Waals surface area contributed by atoms with Crippen molar-refractivity contribution in [1.82, 2.24) is 0 Å². The summed E-state index contributed by atoms with van der Waals surface area (Å²) < 4.78 is 5.59. The lowest BCUT2D eigenvalue weighted by molar-refractivity contribution is 0.0981. The largest absolute Gasteiger partial charge is 0.466 e. The van der Waals surface area contributed by atoms with Gasteiger partial charge in [0, 0.05) is 23.8 Å². The van der Waals surface area contributed by atoms with Crippen molar-refractivity contribution in [2.24, 2.45) is 5.73 Å². The molecule has 110 valence electrons. The van der Waals surface area contributed by atoms with Crippen LogP contribution in [0.1, 0.15) is 33.0 Å². The number of hydrogen-bond acceptors (Lipinski definition) is 3. The molecule has 1 amide bonds. The third-order valence-corrected chi connectivity index (χ3v) is 4.20. The molecular weight excluding hydrogens is 264 g/mol. The zero-order valence-electron chi connectivity index (χ0n) is 12.6. The number of nitrogens with zero attached hydrogens (tertiary/aromatic N) is 1. The van der Waals surface area contributed by atoms with Gasteiger partial charge in [-0.15, -0.1) is 0 Å². The van der Waals surface area contributed by atoms with Crippen LogP contribution in [0.3, 0.4) is 0 Å². The summed E-state index contributed by atoms with van der Waals surface area (Å²) in [6.45, 7) is 6.19. The minimum Gasteiger partial charge on any atom is -0.466 e. The van der Waals surface area contributed by atoms with E-state index in [2.05, 4.69) is 0 Å². The molecule has 4 nitrogen and oxygen atoms in total. The van der Waals surface area contributed by atoms with E-state index in [1.54, 1.807) is 4.90 Å². The average molecular weight is 284 g/mol. The first-order chi connectivity index (χ1) is 9.99. The maximum Gasteiger partial charge on any atom is 0.262 e. The maximum absolute atomic E-state index is 13.0. The number of carbonyl (C=O) groups excluding carboxylic acids is 1. The summed E-state index contributed by atoms with van der Waals surface area (Å²) in [7, 11) is 0. The van der Waals surface area contributed by atoms with Gasteiger partial charge in [-0.1, -0.05) is 18.2 Å². The van der Waals surface area contributed by atoms with Gasteiger partial charge in [0.15, 0.2) is 0 Å². The zero-order chi connectivity index (χ0) is 15.1. The molecule has 21 heavy (non-hydrogen) atoms. The Bertz CT molecular complexity index is 703. The average Bonchev–Trinajstić information content (AvgIpc) is 2.70. The zero-order valence-corrected chi connectivity index (χ0v) is 12.6. The van der Waals surface area contributed by atoms with E-state index >= 15 is 0 Å². The Kier molecular flexibility index (Phi) is 3.33. The fourth-order valence-electron chi connectivity index (χ4n) is 3.06. The number of rotatable bonds is 1. The smallest absolute Gasteiger partial charge is 0.262 e. The van der Waals surface area contributed by atoms with Gasteiger partial charge >= 0.3 is 0 Å². The monoisotopic (exact) mass is 284 g/mol. The van der Waals surface area contributed by atoms with Crippen molar-refractivity contribution in [2.45, 2.75) is 33.2 Å². The van der Waals surface area contributed by atoms with Crippen molar-refractivity contribution >= 4 is 11.6 Å². The van der Waals surface area contributed by atoms with Crippen LogP contribution in [-0.2, 0) is 6.42 Å². The first kappa shape index (κ1) is 13.9. The number of aryl methyl sites for hydroxylation is 2. The molecule has 2 aromatic rings. The molecule has 1 atom stereocenters. The molecule has 1 unspecified atom stereocenters. The molecule has 0 bridgehead atoms. The van der Waals surface area contributed by atoms with Gasteiger partial charge in [-0.3, -0.25) is 4.79 Å². The van der Waals surface area contributed by atoms with Gasteiger partial charge in [0.05, 0.1) is 5.56 Å². The summed E-state index contributed by atoms with van der Waals surface area (Å²) in [5.41, 5.74) is 9.78. The van der Waals surface area contributed by atoms with Crippen LogP contribution in [0.15, 0.2) is 28.7 Å². The Labute approximate surface area is 124 Å². The van der Waals surface area contributed by atoms with E-state index in [0.29, 0.717) is 17.9 Å². The first-order valence-corrected chi connectivity index (χ1v) is 7.21. The summed E-state index contributed by atoms with van der Waals surface area (Å²) >= 11 is 0. The molecule has 0 saturated carbocycles. The van der Waals surface area contributed by atoms with Crippen LogP contribution in [-0.4, -0.2) is 18.5 Å². The Hall–Kier alpha value is -2.07. The highest BCUT2D eigenvalue weighted by Gasteiger charge is 2.30. The lowest BCUT2D eigenvalue weighted by atomic mass is 9.97. The van der Waals surface area contributed by atoms with E-state index in [1.165, 1.54) is 0 Å². The van der Waals surface area contributed by atoms with Gasteiger partial charge in [-0.25, -0.2) is 0 Å². The predicted molar refractivity (Wildman–Crippen MR) is 82.7 cm³/mol. The fourth-order valence-corrected chi connectivity index (χ4v) is 3.06. The van der Waals surface area contributed by atoms with Crippen LogP contribution >= 0.6 is 0 Å². The molecule has 1 aromatic heterocycles.